The number of nitriles is 1. The molecule has 0 radical (unpaired) electrons. The molecule has 0 bridgehead atoms. The molecule has 2 aromatic rings. The Bertz CT molecular complexity index is 578. The molecular weight excluding hydrogens is 229 g/mol. The van der Waals surface area contributed by atoms with Gasteiger partial charge in [0.2, 0.25) is 0 Å². The van der Waals surface area contributed by atoms with E-state index in [4.69, 9.17) is 16.9 Å². The fraction of sp³-hybridized carbons (Fsp3) is 0. The van der Waals surface area contributed by atoms with Crippen molar-refractivity contribution >= 4 is 11.6 Å². The summed E-state index contributed by atoms with van der Waals surface area (Å²) in [5.41, 5.74) is 1.15. The van der Waals surface area contributed by atoms with E-state index in [1.54, 1.807) is 0 Å². The van der Waals surface area contributed by atoms with Gasteiger partial charge < -0.3 is 0 Å². The lowest BCUT2D eigenvalue weighted by Gasteiger charge is -2.01. The molecule has 0 spiro atoms. The van der Waals surface area contributed by atoms with Gasteiger partial charge >= 0.3 is 0 Å². The monoisotopic (exact) mass is 233 g/mol. The SMILES string of the molecule is N#Cc1cc(F)cc(-c2cncc(Cl)n2)c1. The Morgan fingerprint density at radius 1 is 1.25 bits per heavy atom. The normalized spacial score (nSPS) is 9.81. The van der Waals surface area contributed by atoms with Crippen LogP contribution >= 0.6 is 11.6 Å². The van der Waals surface area contributed by atoms with Crippen molar-refractivity contribution in [3.05, 3.63) is 47.1 Å². The number of benzene rings is 1. The lowest BCUT2D eigenvalue weighted by atomic mass is 10.1. The summed E-state index contributed by atoms with van der Waals surface area (Å²) in [7, 11) is 0. The van der Waals surface area contributed by atoms with E-state index < -0.39 is 5.82 Å². The molecule has 3 nitrogen and oxygen atoms in total. The maximum Gasteiger partial charge on any atom is 0.148 e. The van der Waals surface area contributed by atoms with Gasteiger partial charge in [-0.2, -0.15) is 5.26 Å². The van der Waals surface area contributed by atoms with Gasteiger partial charge in [0, 0.05) is 5.56 Å². The Kier molecular flexibility index (Phi) is 2.80. The van der Waals surface area contributed by atoms with E-state index in [0.29, 0.717) is 11.3 Å². The summed E-state index contributed by atoms with van der Waals surface area (Å²) in [6.45, 7) is 0. The topological polar surface area (TPSA) is 49.6 Å². The second kappa shape index (κ2) is 4.25. The quantitative estimate of drug-likeness (QED) is 0.761. The molecule has 0 amide bonds. The predicted molar refractivity (Wildman–Crippen MR) is 57.2 cm³/mol. The minimum Gasteiger partial charge on any atom is -0.259 e. The summed E-state index contributed by atoms with van der Waals surface area (Å²) in [6.07, 6.45) is 2.84. The van der Waals surface area contributed by atoms with Gasteiger partial charge in [0.05, 0.1) is 29.7 Å². The number of halogens is 2. The van der Waals surface area contributed by atoms with Crippen LogP contribution in [0.15, 0.2) is 30.6 Å². The molecule has 0 fully saturated rings. The Morgan fingerprint density at radius 3 is 2.75 bits per heavy atom. The highest BCUT2D eigenvalue weighted by Gasteiger charge is 2.05. The zero-order chi connectivity index (χ0) is 11.5. The molecule has 0 atom stereocenters. The third-order valence-corrected chi connectivity index (χ3v) is 2.11. The van der Waals surface area contributed by atoms with Crippen molar-refractivity contribution in [2.45, 2.75) is 0 Å². The molecule has 1 heterocycles. The molecule has 0 aliphatic carbocycles. The van der Waals surface area contributed by atoms with Crippen LogP contribution in [0.3, 0.4) is 0 Å². The third-order valence-electron chi connectivity index (χ3n) is 1.93. The van der Waals surface area contributed by atoms with E-state index in [9.17, 15) is 4.39 Å². The van der Waals surface area contributed by atoms with Crippen LogP contribution in [0.1, 0.15) is 5.56 Å². The molecule has 0 aliphatic heterocycles. The molecule has 0 N–H and O–H groups in total. The van der Waals surface area contributed by atoms with Gasteiger partial charge in [-0.05, 0) is 18.2 Å². The van der Waals surface area contributed by atoms with Crippen LogP contribution in [0, 0.1) is 17.1 Å². The predicted octanol–water partition coefficient (Wildman–Crippen LogP) is 2.81. The van der Waals surface area contributed by atoms with Gasteiger partial charge in [-0.15, -0.1) is 0 Å². The zero-order valence-corrected chi connectivity index (χ0v) is 8.74. The standard InChI is InChI=1S/C11H5ClFN3/c12-11-6-15-5-10(16-11)8-1-7(4-14)2-9(13)3-8/h1-3,5-6H. The van der Waals surface area contributed by atoms with Crippen molar-refractivity contribution in [3.8, 4) is 17.3 Å². The van der Waals surface area contributed by atoms with Crippen LogP contribution < -0.4 is 0 Å². The lowest BCUT2D eigenvalue weighted by molar-refractivity contribution is 0.628. The number of aromatic nitrogens is 2. The molecule has 0 unspecified atom stereocenters. The Morgan fingerprint density at radius 2 is 2.06 bits per heavy atom. The molecule has 0 aliphatic rings. The fourth-order valence-electron chi connectivity index (χ4n) is 1.28. The smallest absolute Gasteiger partial charge is 0.148 e. The van der Waals surface area contributed by atoms with Crippen molar-refractivity contribution in [1.82, 2.24) is 9.97 Å². The van der Waals surface area contributed by atoms with Crippen molar-refractivity contribution < 1.29 is 4.39 Å². The summed E-state index contributed by atoms with van der Waals surface area (Å²) in [4.78, 5) is 7.83. The van der Waals surface area contributed by atoms with Crippen LogP contribution in [0.5, 0.6) is 0 Å². The van der Waals surface area contributed by atoms with Gasteiger partial charge in [-0.25, -0.2) is 9.37 Å². The average molecular weight is 234 g/mol. The molecule has 16 heavy (non-hydrogen) atoms. The third kappa shape index (κ3) is 2.15. The number of nitrogens with zero attached hydrogens (tertiary/aromatic N) is 3. The first-order valence-electron chi connectivity index (χ1n) is 4.37. The highest BCUT2D eigenvalue weighted by Crippen LogP contribution is 2.20. The van der Waals surface area contributed by atoms with Gasteiger partial charge in [0.15, 0.2) is 0 Å². The van der Waals surface area contributed by atoms with Gasteiger partial charge in [-0.3, -0.25) is 4.98 Å². The van der Waals surface area contributed by atoms with E-state index in [-0.39, 0.29) is 10.7 Å². The molecular formula is C11H5ClFN3. The van der Waals surface area contributed by atoms with Crippen molar-refractivity contribution in [2.75, 3.05) is 0 Å². The summed E-state index contributed by atoms with van der Waals surface area (Å²) in [5, 5.41) is 8.93. The summed E-state index contributed by atoms with van der Waals surface area (Å²) < 4.78 is 13.2. The van der Waals surface area contributed by atoms with E-state index in [0.717, 1.165) is 6.07 Å². The van der Waals surface area contributed by atoms with Crippen LogP contribution in [-0.2, 0) is 0 Å². The molecule has 0 saturated heterocycles. The van der Waals surface area contributed by atoms with Gasteiger partial charge in [0.25, 0.3) is 0 Å². The second-order valence-corrected chi connectivity index (χ2v) is 3.45. The van der Waals surface area contributed by atoms with Crippen molar-refractivity contribution in [2.24, 2.45) is 0 Å². The first-order chi connectivity index (χ1) is 7.69. The van der Waals surface area contributed by atoms with E-state index in [1.165, 1.54) is 24.5 Å². The largest absolute Gasteiger partial charge is 0.259 e. The average Bonchev–Trinajstić information content (AvgIpc) is 2.28. The van der Waals surface area contributed by atoms with Crippen molar-refractivity contribution in [3.63, 3.8) is 0 Å². The molecule has 1 aromatic heterocycles. The molecule has 0 saturated carbocycles. The summed E-state index contributed by atoms with van der Waals surface area (Å²) in [5.74, 6) is -0.490. The minimum absolute atomic E-state index is 0.222. The Labute approximate surface area is 96.2 Å². The zero-order valence-electron chi connectivity index (χ0n) is 7.98. The van der Waals surface area contributed by atoms with Crippen LogP contribution in [0.4, 0.5) is 4.39 Å². The van der Waals surface area contributed by atoms with Crippen molar-refractivity contribution in [1.29, 1.82) is 5.26 Å². The summed E-state index contributed by atoms with van der Waals surface area (Å²) in [6, 6.07) is 5.84. The van der Waals surface area contributed by atoms with E-state index >= 15 is 0 Å². The number of rotatable bonds is 1. The molecule has 78 valence electrons. The molecule has 2 rings (SSSR count). The lowest BCUT2D eigenvalue weighted by Crippen LogP contribution is -1.89. The van der Waals surface area contributed by atoms with Crippen LogP contribution in [0.25, 0.3) is 11.3 Å². The highest BCUT2D eigenvalue weighted by atomic mass is 35.5. The van der Waals surface area contributed by atoms with Crippen LogP contribution in [-0.4, -0.2) is 9.97 Å². The first kappa shape index (κ1) is 10.5. The van der Waals surface area contributed by atoms with E-state index in [1.807, 2.05) is 6.07 Å². The number of hydrogen-bond donors (Lipinski definition) is 0. The minimum atomic E-state index is -0.490. The highest BCUT2D eigenvalue weighted by molar-refractivity contribution is 6.29. The van der Waals surface area contributed by atoms with E-state index in [2.05, 4.69) is 9.97 Å². The number of hydrogen-bond acceptors (Lipinski definition) is 3. The Hall–Kier alpha value is -1.99. The first-order valence-corrected chi connectivity index (χ1v) is 4.75. The van der Waals surface area contributed by atoms with Gasteiger partial charge in [0.1, 0.15) is 11.0 Å². The molecule has 5 heteroatoms. The van der Waals surface area contributed by atoms with Gasteiger partial charge in [-0.1, -0.05) is 11.6 Å². The maximum atomic E-state index is 13.2. The van der Waals surface area contributed by atoms with Crippen LogP contribution in [0.2, 0.25) is 5.15 Å². The second-order valence-electron chi connectivity index (χ2n) is 3.07. The molecule has 1 aromatic carbocycles. The Balaban J connectivity index is 2.56. The summed E-state index contributed by atoms with van der Waals surface area (Å²) >= 11 is 5.68. The fourth-order valence-corrected chi connectivity index (χ4v) is 1.43. The maximum absolute atomic E-state index is 13.2.